The van der Waals surface area contributed by atoms with E-state index in [2.05, 4.69) is 15.9 Å². The second kappa shape index (κ2) is 7.90. The average Bonchev–Trinajstić information content (AvgIpc) is 2.61. The molecule has 2 aromatic carbocycles. The van der Waals surface area contributed by atoms with Crippen LogP contribution in [-0.2, 0) is 11.3 Å². The van der Waals surface area contributed by atoms with Crippen LogP contribution < -0.4 is 0 Å². The van der Waals surface area contributed by atoms with Crippen LogP contribution in [0.1, 0.15) is 28.8 Å². The largest absolute Gasteiger partial charge is 0.372 e. The van der Waals surface area contributed by atoms with Gasteiger partial charge < -0.3 is 9.64 Å². The van der Waals surface area contributed by atoms with Crippen molar-refractivity contribution in [2.24, 2.45) is 0 Å². The number of rotatable bonds is 4. The van der Waals surface area contributed by atoms with E-state index in [0.717, 1.165) is 23.9 Å². The van der Waals surface area contributed by atoms with Crippen molar-refractivity contribution in [1.29, 1.82) is 0 Å². The van der Waals surface area contributed by atoms with Crippen LogP contribution in [0.5, 0.6) is 0 Å². The molecule has 0 aliphatic carbocycles. The molecular weight excluding hydrogens is 373 g/mol. The highest BCUT2D eigenvalue weighted by molar-refractivity contribution is 9.10. The molecule has 0 aromatic heterocycles. The van der Waals surface area contributed by atoms with Crippen LogP contribution in [0.15, 0.2) is 53.0 Å². The van der Waals surface area contributed by atoms with E-state index in [-0.39, 0.29) is 24.4 Å². The van der Waals surface area contributed by atoms with Crippen LogP contribution in [0, 0.1) is 5.82 Å². The molecule has 1 aliphatic heterocycles. The van der Waals surface area contributed by atoms with Gasteiger partial charge in [0.2, 0.25) is 0 Å². The molecule has 1 amide bonds. The van der Waals surface area contributed by atoms with Crippen LogP contribution in [0.25, 0.3) is 0 Å². The first kappa shape index (κ1) is 17.1. The molecule has 0 bridgehead atoms. The van der Waals surface area contributed by atoms with Gasteiger partial charge in [0.05, 0.1) is 12.7 Å². The van der Waals surface area contributed by atoms with Crippen LogP contribution in [0.4, 0.5) is 4.39 Å². The van der Waals surface area contributed by atoms with E-state index in [0.29, 0.717) is 17.7 Å². The molecule has 0 radical (unpaired) electrons. The van der Waals surface area contributed by atoms with Gasteiger partial charge >= 0.3 is 0 Å². The van der Waals surface area contributed by atoms with Crippen LogP contribution in [0.3, 0.4) is 0 Å². The quantitative estimate of drug-likeness (QED) is 0.772. The minimum Gasteiger partial charge on any atom is -0.372 e. The third-order valence-corrected chi connectivity index (χ3v) is 4.66. The van der Waals surface area contributed by atoms with Crippen molar-refractivity contribution in [3.8, 4) is 0 Å². The zero-order valence-corrected chi connectivity index (χ0v) is 14.8. The Balaban J connectivity index is 1.60. The second-order valence-corrected chi connectivity index (χ2v) is 6.84. The number of ether oxygens (including phenoxy) is 1. The van der Waals surface area contributed by atoms with Crippen LogP contribution in [-0.4, -0.2) is 30.0 Å². The first-order valence-electron chi connectivity index (χ1n) is 8.03. The Bertz CT molecular complexity index is 722. The Kier molecular flexibility index (Phi) is 5.63. The molecule has 1 atom stereocenters. The van der Waals surface area contributed by atoms with Gasteiger partial charge in [0.1, 0.15) is 5.82 Å². The predicted molar refractivity (Wildman–Crippen MR) is 94.3 cm³/mol. The summed E-state index contributed by atoms with van der Waals surface area (Å²) in [5.74, 6) is -0.245. The molecular formula is C19H19BrFNO2. The van der Waals surface area contributed by atoms with Crippen molar-refractivity contribution < 1.29 is 13.9 Å². The Labute approximate surface area is 149 Å². The normalized spacial score (nSPS) is 17.8. The summed E-state index contributed by atoms with van der Waals surface area (Å²) in [5.41, 5.74) is 1.21. The molecule has 1 fully saturated rings. The average molecular weight is 392 g/mol. The van der Waals surface area contributed by atoms with Crippen LogP contribution in [0.2, 0.25) is 0 Å². The zero-order valence-electron chi connectivity index (χ0n) is 13.3. The summed E-state index contributed by atoms with van der Waals surface area (Å²) < 4.78 is 20.4. The summed E-state index contributed by atoms with van der Waals surface area (Å²) in [5, 5.41) is 0. The lowest BCUT2D eigenvalue weighted by Gasteiger charge is -2.32. The van der Waals surface area contributed by atoms with Gasteiger partial charge in [-0.05, 0) is 37.1 Å². The van der Waals surface area contributed by atoms with Crippen molar-refractivity contribution in [2.75, 3.05) is 13.1 Å². The number of carbonyl (C=O) groups excluding carboxylic acids is 1. The third-order valence-electron chi connectivity index (χ3n) is 4.17. The first-order valence-corrected chi connectivity index (χ1v) is 8.82. The summed E-state index contributed by atoms with van der Waals surface area (Å²) in [7, 11) is 0. The molecule has 126 valence electrons. The maximum absolute atomic E-state index is 13.7. The Morgan fingerprint density at radius 2 is 2.08 bits per heavy atom. The van der Waals surface area contributed by atoms with E-state index in [4.69, 9.17) is 4.74 Å². The molecule has 1 saturated heterocycles. The van der Waals surface area contributed by atoms with Crippen molar-refractivity contribution in [1.82, 2.24) is 4.90 Å². The zero-order chi connectivity index (χ0) is 16.9. The maximum atomic E-state index is 13.7. The van der Waals surface area contributed by atoms with E-state index in [1.54, 1.807) is 18.2 Å². The standard InChI is InChI=1S/C19H19BrFNO2/c20-16-7-3-6-14(11-16)19(23)22-10-4-8-17(12-22)24-13-15-5-1-2-9-18(15)21/h1-3,5-7,9,11,17H,4,8,10,12-13H2/t17-/m0/s1. The lowest BCUT2D eigenvalue weighted by Crippen LogP contribution is -2.43. The fraction of sp³-hybridized carbons (Fsp3) is 0.316. The molecule has 0 unspecified atom stereocenters. The molecule has 5 heteroatoms. The molecule has 1 heterocycles. The molecule has 3 rings (SSSR count). The number of piperidine rings is 1. The Morgan fingerprint density at radius 1 is 1.25 bits per heavy atom. The molecule has 0 N–H and O–H groups in total. The lowest BCUT2D eigenvalue weighted by molar-refractivity contribution is -0.00762. The number of likely N-dealkylation sites (tertiary alicyclic amines) is 1. The molecule has 0 saturated carbocycles. The predicted octanol–water partition coefficient (Wildman–Crippen LogP) is 4.41. The summed E-state index contributed by atoms with van der Waals surface area (Å²) in [6, 6.07) is 14.0. The molecule has 24 heavy (non-hydrogen) atoms. The number of nitrogens with zero attached hydrogens (tertiary/aromatic N) is 1. The van der Waals surface area contributed by atoms with Crippen LogP contribution >= 0.6 is 15.9 Å². The fourth-order valence-corrected chi connectivity index (χ4v) is 3.29. The second-order valence-electron chi connectivity index (χ2n) is 5.93. The first-order chi connectivity index (χ1) is 11.6. The number of amides is 1. The third kappa shape index (κ3) is 4.22. The summed E-state index contributed by atoms with van der Waals surface area (Å²) in [6.45, 7) is 1.50. The summed E-state index contributed by atoms with van der Waals surface area (Å²) >= 11 is 3.39. The fourth-order valence-electron chi connectivity index (χ4n) is 2.89. The van der Waals surface area contributed by atoms with E-state index >= 15 is 0 Å². The van der Waals surface area contributed by atoms with Gasteiger partial charge in [-0.25, -0.2) is 4.39 Å². The van der Waals surface area contributed by atoms with E-state index < -0.39 is 0 Å². The lowest BCUT2D eigenvalue weighted by atomic mass is 10.1. The smallest absolute Gasteiger partial charge is 0.253 e. The highest BCUT2D eigenvalue weighted by Gasteiger charge is 2.25. The van der Waals surface area contributed by atoms with Gasteiger partial charge in [0.15, 0.2) is 0 Å². The number of benzene rings is 2. The van der Waals surface area contributed by atoms with Gasteiger partial charge in [-0.3, -0.25) is 4.79 Å². The van der Waals surface area contributed by atoms with E-state index in [9.17, 15) is 9.18 Å². The molecule has 3 nitrogen and oxygen atoms in total. The molecule has 0 spiro atoms. The van der Waals surface area contributed by atoms with Gasteiger partial charge in [0.25, 0.3) is 5.91 Å². The highest BCUT2D eigenvalue weighted by atomic mass is 79.9. The van der Waals surface area contributed by atoms with Crippen molar-refractivity contribution in [3.05, 3.63) is 69.9 Å². The molecule has 2 aromatic rings. The van der Waals surface area contributed by atoms with Crippen molar-refractivity contribution in [3.63, 3.8) is 0 Å². The number of hydrogen-bond donors (Lipinski definition) is 0. The topological polar surface area (TPSA) is 29.5 Å². The van der Waals surface area contributed by atoms with E-state index in [1.807, 2.05) is 29.2 Å². The number of hydrogen-bond acceptors (Lipinski definition) is 2. The van der Waals surface area contributed by atoms with Crippen molar-refractivity contribution in [2.45, 2.75) is 25.6 Å². The van der Waals surface area contributed by atoms with E-state index in [1.165, 1.54) is 6.07 Å². The van der Waals surface area contributed by atoms with Gasteiger partial charge in [0, 0.05) is 28.7 Å². The Hall–Kier alpha value is -1.72. The SMILES string of the molecule is O=C(c1cccc(Br)c1)N1CCC[C@H](OCc2ccccc2F)C1. The molecule has 1 aliphatic rings. The Morgan fingerprint density at radius 3 is 2.88 bits per heavy atom. The summed E-state index contributed by atoms with van der Waals surface area (Å²) in [4.78, 5) is 14.4. The van der Waals surface area contributed by atoms with Gasteiger partial charge in [-0.2, -0.15) is 0 Å². The van der Waals surface area contributed by atoms with Gasteiger partial charge in [-0.15, -0.1) is 0 Å². The number of halogens is 2. The minimum atomic E-state index is -0.254. The monoisotopic (exact) mass is 391 g/mol. The van der Waals surface area contributed by atoms with Gasteiger partial charge in [-0.1, -0.05) is 40.2 Å². The highest BCUT2D eigenvalue weighted by Crippen LogP contribution is 2.20. The summed E-state index contributed by atoms with van der Waals surface area (Å²) in [6.07, 6.45) is 1.72. The maximum Gasteiger partial charge on any atom is 0.253 e. The van der Waals surface area contributed by atoms with Crippen molar-refractivity contribution >= 4 is 21.8 Å². The minimum absolute atomic E-state index is 0.00971. The number of carbonyl (C=O) groups is 1.